The smallest absolute Gasteiger partial charge is 0.341 e. The van der Waals surface area contributed by atoms with Crippen molar-refractivity contribution < 1.29 is 19.5 Å². The maximum Gasteiger partial charge on any atom is 0.341 e. The molecule has 2 aromatic heterocycles. The molecule has 2 amide bonds. The highest BCUT2D eigenvalue weighted by Gasteiger charge is 2.34. The number of carbonyl (C=O) groups is 3. The predicted molar refractivity (Wildman–Crippen MR) is 136 cm³/mol. The zero-order chi connectivity index (χ0) is 26.0. The van der Waals surface area contributed by atoms with E-state index in [2.05, 4.69) is 17.0 Å². The lowest BCUT2D eigenvalue weighted by Gasteiger charge is -2.32. The summed E-state index contributed by atoms with van der Waals surface area (Å²) in [7, 11) is 0. The van der Waals surface area contributed by atoms with Crippen LogP contribution in [0.5, 0.6) is 0 Å². The number of aromatic carboxylic acids is 1. The van der Waals surface area contributed by atoms with Gasteiger partial charge in [-0.05, 0) is 69.7 Å². The van der Waals surface area contributed by atoms with Crippen LogP contribution in [-0.2, 0) is 4.79 Å². The molecule has 0 aliphatic heterocycles. The van der Waals surface area contributed by atoms with Gasteiger partial charge >= 0.3 is 5.97 Å². The number of pyridine rings is 1. The summed E-state index contributed by atoms with van der Waals surface area (Å²) in [6.45, 7) is 5.94. The van der Waals surface area contributed by atoms with Crippen LogP contribution in [0.25, 0.3) is 16.9 Å². The highest BCUT2D eigenvalue weighted by Crippen LogP contribution is 2.33. The van der Waals surface area contributed by atoms with Crippen LogP contribution in [0.4, 0.5) is 5.82 Å². The lowest BCUT2D eigenvalue weighted by Crippen LogP contribution is -2.43. The number of rotatable bonds is 7. The molecule has 0 radical (unpaired) electrons. The number of nitrogens with two attached hydrogens (primary N) is 1. The summed E-state index contributed by atoms with van der Waals surface area (Å²) < 4.78 is 1.47. The maximum atomic E-state index is 13.5. The molecule has 1 aromatic carbocycles. The molecule has 3 N–H and O–H groups in total. The van der Waals surface area contributed by atoms with E-state index in [1.807, 2.05) is 13.8 Å². The van der Waals surface area contributed by atoms with Gasteiger partial charge < -0.3 is 10.8 Å². The molecule has 36 heavy (non-hydrogen) atoms. The Labute approximate surface area is 209 Å². The van der Waals surface area contributed by atoms with Crippen LogP contribution in [0.15, 0.2) is 48.8 Å². The molecule has 1 fully saturated rings. The summed E-state index contributed by atoms with van der Waals surface area (Å²) in [4.78, 5) is 42.9. The van der Waals surface area contributed by atoms with Gasteiger partial charge in [-0.1, -0.05) is 19.1 Å². The highest BCUT2D eigenvalue weighted by molar-refractivity contribution is 6.01. The summed E-state index contributed by atoms with van der Waals surface area (Å²) >= 11 is 0. The standard InChI is InChI=1S/C27H31N5O4/c1-16(2)32(26(34)19-6-4-17(3)5-7-19)25-22(27(35)36)15-31(30-25)21-10-8-18(9-11-21)23-14-20(24(28)33)12-13-29-23/h8-17,19H,4-7H2,1-3H3,(H2,28,33)(H,35,36). The molecule has 4 rings (SSSR count). The van der Waals surface area contributed by atoms with Crippen molar-refractivity contribution >= 4 is 23.6 Å². The SMILES string of the molecule is CC1CCC(C(=O)N(c2nn(-c3ccc(-c4cc(C(N)=O)ccn4)cc3)cc2C(=O)O)C(C)C)CC1. The van der Waals surface area contributed by atoms with E-state index >= 15 is 0 Å². The molecule has 3 aromatic rings. The number of carboxylic acids is 1. The van der Waals surface area contributed by atoms with Gasteiger partial charge in [0.25, 0.3) is 0 Å². The van der Waals surface area contributed by atoms with E-state index in [-0.39, 0.29) is 29.2 Å². The average molecular weight is 490 g/mol. The van der Waals surface area contributed by atoms with Gasteiger partial charge in [0.1, 0.15) is 5.56 Å². The Morgan fingerprint density at radius 1 is 1.08 bits per heavy atom. The Balaban J connectivity index is 1.66. The van der Waals surface area contributed by atoms with E-state index in [4.69, 9.17) is 5.73 Å². The molecule has 1 aliphatic rings. The van der Waals surface area contributed by atoms with Crippen LogP contribution in [0.1, 0.15) is 67.2 Å². The van der Waals surface area contributed by atoms with Crippen molar-refractivity contribution in [1.82, 2.24) is 14.8 Å². The normalized spacial score (nSPS) is 17.7. The molecule has 0 saturated heterocycles. The van der Waals surface area contributed by atoms with Gasteiger partial charge in [-0.25, -0.2) is 9.48 Å². The third-order valence-electron chi connectivity index (χ3n) is 6.74. The maximum absolute atomic E-state index is 13.5. The van der Waals surface area contributed by atoms with Gasteiger partial charge in [-0.3, -0.25) is 19.5 Å². The Kier molecular flexibility index (Phi) is 7.19. The molecule has 9 heteroatoms. The van der Waals surface area contributed by atoms with E-state index in [1.54, 1.807) is 36.4 Å². The number of primary amides is 1. The minimum absolute atomic E-state index is 0.0267. The van der Waals surface area contributed by atoms with Gasteiger partial charge in [0, 0.05) is 35.5 Å². The Bertz CT molecular complexity index is 1270. The number of carbonyl (C=O) groups excluding carboxylic acids is 2. The molecule has 0 bridgehead atoms. The van der Waals surface area contributed by atoms with Crippen LogP contribution in [0.2, 0.25) is 0 Å². The van der Waals surface area contributed by atoms with Gasteiger partial charge in [0.05, 0.1) is 11.4 Å². The van der Waals surface area contributed by atoms with Crippen molar-refractivity contribution in [2.45, 2.75) is 52.5 Å². The van der Waals surface area contributed by atoms with E-state index in [9.17, 15) is 19.5 Å². The average Bonchev–Trinajstić information content (AvgIpc) is 3.29. The van der Waals surface area contributed by atoms with Crippen molar-refractivity contribution in [2.75, 3.05) is 4.90 Å². The van der Waals surface area contributed by atoms with Crippen LogP contribution in [0.3, 0.4) is 0 Å². The lowest BCUT2D eigenvalue weighted by molar-refractivity contribution is -0.124. The van der Waals surface area contributed by atoms with E-state index in [0.717, 1.165) is 31.2 Å². The largest absolute Gasteiger partial charge is 0.477 e. The number of aromatic nitrogens is 3. The number of benzene rings is 1. The number of amides is 2. The first-order valence-electron chi connectivity index (χ1n) is 12.2. The number of nitrogens with zero attached hydrogens (tertiary/aromatic N) is 4. The van der Waals surface area contributed by atoms with Crippen LogP contribution in [-0.4, -0.2) is 43.7 Å². The number of hydrogen-bond acceptors (Lipinski definition) is 5. The van der Waals surface area contributed by atoms with Crippen molar-refractivity contribution in [1.29, 1.82) is 0 Å². The summed E-state index contributed by atoms with van der Waals surface area (Å²) in [6.07, 6.45) is 6.55. The van der Waals surface area contributed by atoms with E-state index in [0.29, 0.717) is 22.9 Å². The third-order valence-corrected chi connectivity index (χ3v) is 6.74. The summed E-state index contributed by atoms with van der Waals surface area (Å²) in [5.74, 6) is -1.12. The third kappa shape index (κ3) is 5.15. The number of carboxylic acid groups (broad SMARTS) is 1. The fraction of sp³-hybridized carbons (Fsp3) is 0.370. The Hall–Kier alpha value is -4.01. The van der Waals surface area contributed by atoms with Crippen molar-refractivity contribution in [3.63, 3.8) is 0 Å². The second-order valence-corrected chi connectivity index (χ2v) is 9.72. The molecule has 0 atom stereocenters. The molecule has 9 nitrogen and oxygen atoms in total. The molecule has 1 saturated carbocycles. The second-order valence-electron chi connectivity index (χ2n) is 9.72. The molecular weight excluding hydrogens is 458 g/mol. The monoisotopic (exact) mass is 489 g/mol. The Morgan fingerprint density at radius 2 is 1.75 bits per heavy atom. The minimum Gasteiger partial charge on any atom is -0.477 e. The van der Waals surface area contributed by atoms with Gasteiger partial charge in [-0.2, -0.15) is 0 Å². The molecule has 1 aliphatic carbocycles. The molecule has 0 unspecified atom stereocenters. The van der Waals surface area contributed by atoms with Gasteiger partial charge in [0.2, 0.25) is 11.8 Å². The van der Waals surface area contributed by atoms with Crippen molar-refractivity contribution in [3.8, 4) is 16.9 Å². The summed E-state index contributed by atoms with van der Waals surface area (Å²) in [6, 6.07) is 10.1. The summed E-state index contributed by atoms with van der Waals surface area (Å²) in [5, 5.41) is 14.5. The quantitative estimate of drug-likeness (QED) is 0.509. The second kappa shape index (κ2) is 10.3. The predicted octanol–water partition coefficient (Wildman–Crippen LogP) is 4.30. The van der Waals surface area contributed by atoms with E-state index < -0.39 is 11.9 Å². The summed E-state index contributed by atoms with van der Waals surface area (Å²) in [5.41, 5.74) is 7.68. The fourth-order valence-electron chi connectivity index (χ4n) is 4.66. The topological polar surface area (TPSA) is 131 Å². The molecule has 188 valence electrons. The van der Waals surface area contributed by atoms with Gasteiger partial charge in [-0.15, -0.1) is 5.10 Å². The lowest BCUT2D eigenvalue weighted by atomic mass is 9.82. The molecule has 0 spiro atoms. The van der Waals surface area contributed by atoms with Crippen molar-refractivity contribution in [2.24, 2.45) is 17.6 Å². The first-order valence-corrected chi connectivity index (χ1v) is 12.2. The van der Waals surface area contributed by atoms with Crippen LogP contribution < -0.4 is 10.6 Å². The highest BCUT2D eigenvalue weighted by atomic mass is 16.4. The fourth-order valence-corrected chi connectivity index (χ4v) is 4.66. The first-order chi connectivity index (χ1) is 17.2. The number of anilines is 1. The minimum atomic E-state index is -1.14. The van der Waals surface area contributed by atoms with Crippen LogP contribution in [0, 0.1) is 11.8 Å². The Morgan fingerprint density at radius 3 is 2.33 bits per heavy atom. The number of hydrogen-bond donors (Lipinski definition) is 2. The van der Waals surface area contributed by atoms with Gasteiger partial charge in [0.15, 0.2) is 5.82 Å². The molecular formula is C27H31N5O4. The molecule has 2 heterocycles. The zero-order valence-electron chi connectivity index (χ0n) is 20.7. The first kappa shape index (κ1) is 25.1. The van der Waals surface area contributed by atoms with Crippen LogP contribution >= 0.6 is 0 Å². The van der Waals surface area contributed by atoms with E-state index in [1.165, 1.54) is 22.0 Å². The van der Waals surface area contributed by atoms with Crippen molar-refractivity contribution in [3.05, 3.63) is 59.9 Å². The zero-order valence-corrected chi connectivity index (χ0v) is 20.7.